The predicted octanol–water partition coefficient (Wildman–Crippen LogP) is 1.72. The Balaban J connectivity index is 2.89. The van der Waals surface area contributed by atoms with Crippen molar-refractivity contribution in [3.63, 3.8) is 0 Å². The molecule has 0 spiro atoms. The van der Waals surface area contributed by atoms with E-state index in [2.05, 4.69) is 0 Å². The van der Waals surface area contributed by atoms with Crippen LogP contribution in [0, 0.1) is 0 Å². The van der Waals surface area contributed by atoms with Gasteiger partial charge < -0.3 is 5.73 Å². The highest BCUT2D eigenvalue weighted by molar-refractivity contribution is 7.89. The van der Waals surface area contributed by atoms with Crippen molar-refractivity contribution in [2.24, 2.45) is 10.9 Å². The molecule has 0 saturated heterocycles. The van der Waals surface area contributed by atoms with Gasteiger partial charge in [0.25, 0.3) is 5.91 Å². The number of carbonyl (C=O) groups excluding carboxylic acids is 1. The van der Waals surface area contributed by atoms with Gasteiger partial charge >= 0.3 is 0 Å². The maximum Gasteiger partial charge on any atom is 0.259 e. The van der Waals surface area contributed by atoms with Gasteiger partial charge in [0.2, 0.25) is 10.0 Å². The molecule has 0 aliphatic carbocycles. The number of aryl methyl sites for hydroxylation is 1. The lowest BCUT2D eigenvalue weighted by Gasteiger charge is -2.06. The summed E-state index contributed by atoms with van der Waals surface area (Å²) in [6, 6.07) is 8.77. The van der Waals surface area contributed by atoms with Crippen LogP contribution < -0.4 is 10.9 Å². The second-order valence-corrected chi connectivity index (χ2v) is 6.79. The van der Waals surface area contributed by atoms with Crippen LogP contribution in [0.15, 0.2) is 35.2 Å². The molecule has 0 unspecified atom stereocenters. The normalized spacial score (nSPS) is 11.5. The average Bonchev–Trinajstić information content (AvgIpc) is 2.79. The second-order valence-electron chi connectivity index (χ2n) is 4.19. The number of hydrogen-bond donors (Lipinski definition) is 2. The Hall–Kier alpha value is -1.70. The topological polar surface area (TPSA) is 103 Å². The van der Waals surface area contributed by atoms with Crippen LogP contribution in [0.1, 0.15) is 21.5 Å². The molecule has 1 aromatic heterocycles. The van der Waals surface area contributed by atoms with Gasteiger partial charge in [-0.05, 0) is 12.0 Å². The van der Waals surface area contributed by atoms with Crippen LogP contribution in [0.5, 0.6) is 0 Å². The fourth-order valence-corrected chi connectivity index (χ4v) is 4.55. The smallest absolute Gasteiger partial charge is 0.259 e. The summed E-state index contributed by atoms with van der Waals surface area (Å²) in [5, 5.41) is 5.31. The minimum Gasteiger partial charge on any atom is -0.365 e. The Morgan fingerprint density at radius 1 is 1.25 bits per heavy atom. The molecule has 0 atom stereocenters. The van der Waals surface area contributed by atoms with Gasteiger partial charge in [-0.2, -0.15) is 0 Å². The maximum absolute atomic E-state index is 11.9. The van der Waals surface area contributed by atoms with Crippen molar-refractivity contribution >= 4 is 27.3 Å². The maximum atomic E-state index is 11.9. The summed E-state index contributed by atoms with van der Waals surface area (Å²) in [4.78, 5) is 12.4. The summed E-state index contributed by atoms with van der Waals surface area (Å²) in [5.41, 5.74) is 6.29. The standard InChI is InChI=1S/C13H14N2O3S2/c1-2-9-12(20(15,17)18)10(11(19-9)13(14)16)8-6-4-3-5-7-8/h3-7H,2H2,1H3,(H2,14,16)(H2,15,17,18). The fourth-order valence-electron chi connectivity index (χ4n) is 2.04. The third-order valence-corrected chi connectivity index (χ3v) is 5.32. The second kappa shape index (κ2) is 5.35. The number of thiophene rings is 1. The molecule has 4 N–H and O–H groups in total. The minimum absolute atomic E-state index is 0.00463. The number of benzene rings is 1. The molecule has 7 heteroatoms. The predicted molar refractivity (Wildman–Crippen MR) is 79.0 cm³/mol. The zero-order chi connectivity index (χ0) is 14.9. The van der Waals surface area contributed by atoms with Gasteiger partial charge in [-0.25, -0.2) is 13.6 Å². The van der Waals surface area contributed by atoms with E-state index in [1.807, 2.05) is 0 Å². The monoisotopic (exact) mass is 310 g/mol. The SMILES string of the molecule is CCc1sc(C(N)=O)c(-c2ccccc2)c1S(N)(=O)=O. The summed E-state index contributed by atoms with van der Waals surface area (Å²) in [7, 11) is -3.93. The van der Waals surface area contributed by atoms with Crippen LogP contribution in [0.2, 0.25) is 0 Å². The Bertz CT molecular complexity index is 749. The molecule has 2 rings (SSSR count). The van der Waals surface area contributed by atoms with Gasteiger partial charge in [0.15, 0.2) is 0 Å². The number of primary amides is 1. The van der Waals surface area contributed by atoms with E-state index < -0.39 is 15.9 Å². The van der Waals surface area contributed by atoms with Crippen LogP contribution in [0.25, 0.3) is 11.1 Å². The van der Waals surface area contributed by atoms with Gasteiger partial charge in [-0.1, -0.05) is 37.3 Å². The number of primary sulfonamides is 1. The Labute approximate surface area is 121 Å². The van der Waals surface area contributed by atoms with Crippen LogP contribution in [0.3, 0.4) is 0 Å². The molecule has 2 aromatic rings. The van der Waals surface area contributed by atoms with Crippen molar-refractivity contribution < 1.29 is 13.2 Å². The molecule has 0 aliphatic rings. The third kappa shape index (κ3) is 2.60. The van der Waals surface area contributed by atoms with Gasteiger partial charge in [-0.3, -0.25) is 4.79 Å². The number of nitrogens with two attached hydrogens (primary N) is 2. The van der Waals surface area contributed by atoms with Crippen molar-refractivity contribution in [1.82, 2.24) is 0 Å². The van der Waals surface area contributed by atoms with Gasteiger partial charge in [0.1, 0.15) is 9.77 Å². The lowest BCUT2D eigenvalue weighted by Crippen LogP contribution is -2.15. The quantitative estimate of drug-likeness (QED) is 0.898. The number of rotatable bonds is 4. The zero-order valence-corrected chi connectivity index (χ0v) is 12.4. The average molecular weight is 310 g/mol. The third-order valence-electron chi connectivity index (χ3n) is 2.82. The van der Waals surface area contributed by atoms with Crippen LogP contribution in [-0.2, 0) is 16.4 Å². The zero-order valence-electron chi connectivity index (χ0n) is 10.8. The molecule has 0 bridgehead atoms. The van der Waals surface area contributed by atoms with E-state index in [1.54, 1.807) is 37.3 Å². The van der Waals surface area contributed by atoms with E-state index in [1.165, 1.54) is 0 Å². The summed E-state index contributed by atoms with van der Waals surface area (Å²) in [6.45, 7) is 1.81. The number of hydrogen-bond acceptors (Lipinski definition) is 4. The van der Waals surface area contributed by atoms with E-state index in [0.717, 1.165) is 11.3 Å². The molecule has 1 heterocycles. The fraction of sp³-hybridized carbons (Fsp3) is 0.154. The molecule has 0 radical (unpaired) electrons. The molecule has 106 valence electrons. The Kier molecular flexibility index (Phi) is 3.94. The highest BCUT2D eigenvalue weighted by atomic mass is 32.2. The van der Waals surface area contributed by atoms with Gasteiger partial charge in [0.05, 0.1) is 0 Å². The van der Waals surface area contributed by atoms with Crippen LogP contribution in [-0.4, -0.2) is 14.3 Å². The van der Waals surface area contributed by atoms with Crippen molar-refractivity contribution in [2.75, 3.05) is 0 Å². The highest BCUT2D eigenvalue weighted by Crippen LogP contribution is 2.39. The first-order valence-electron chi connectivity index (χ1n) is 5.90. The van der Waals surface area contributed by atoms with E-state index in [0.29, 0.717) is 22.4 Å². The number of carbonyl (C=O) groups is 1. The Morgan fingerprint density at radius 3 is 2.30 bits per heavy atom. The summed E-state index contributed by atoms with van der Waals surface area (Å²) < 4.78 is 23.8. The van der Waals surface area contributed by atoms with Crippen molar-refractivity contribution in [2.45, 2.75) is 18.2 Å². The molecule has 1 amide bonds. The minimum atomic E-state index is -3.93. The summed E-state index contributed by atoms with van der Waals surface area (Å²) >= 11 is 1.08. The van der Waals surface area contributed by atoms with Gasteiger partial charge in [-0.15, -0.1) is 11.3 Å². The van der Waals surface area contributed by atoms with Crippen molar-refractivity contribution in [1.29, 1.82) is 0 Å². The molecule has 0 saturated carbocycles. The molecule has 0 aliphatic heterocycles. The van der Waals surface area contributed by atoms with E-state index in [9.17, 15) is 13.2 Å². The molecular formula is C13H14N2O3S2. The van der Waals surface area contributed by atoms with E-state index >= 15 is 0 Å². The first kappa shape index (κ1) is 14.7. The van der Waals surface area contributed by atoms with Gasteiger partial charge in [0, 0.05) is 10.4 Å². The molecule has 20 heavy (non-hydrogen) atoms. The summed E-state index contributed by atoms with van der Waals surface area (Å²) in [6.07, 6.45) is 0.462. The van der Waals surface area contributed by atoms with Crippen LogP contribution in [0.4, 0.5) is 0 Å². The number of sulfonamides is 1. The molecule has 1 aromatic carbocycles. The first-order chi connectivity index (χ1) is 9.36. The first-order valence-corrected chi connectivity index (χ1v) is 8.26. The van der Waals surface area contributed by atoms with E-state index in [4.69, 9.17) is 10.9 Å². The lowest BCUT2D eigenvalue weighted by molar-refractivity contribution is 0.100. The van der Waals surface area contributed by atoms with E-state index in [-0.39, 0.29) is 9.77 Å². The molecular weight excluding hydrogens is 296 g/mol. The lowest BCUT2D eigenvalue weighted by atomic mass is 10.1. The number of amides is 1. The Morgan fingerprint density at radius 2 is 1.85 bits per heavy atom. The largest absolute Gasteiger partial charge is 0.365 e. The molecule has 0 fully saturated rings. The summed E-state index contributed by atoms with van der Waals surface area (Å²) in [5.74, 6) is -0.654. The van der Waals surface area contributed by atoms with Crippen molar-refractivity contribution in [3.05, 3.63) is 40.1 Å². The highest BCUT2D eigenvalue weighted by Gasteiger charge is 2.28. The molecule has 5 nitrogen and oxygen atoms in total. The van der Waals surface area contributed by atoms with Crippen LogP contribution >= 0.6 is 11.3 Å². The van der Waals surface area contributed by atoms with Crippen molar-refractivity contribution in [3.8, 4) is 11.1 Å².